The standard InChI is InChI=1S/C8H19BrN2O2S/c1-5-8(6-2,7-9)10-14(12,13)11(3)4/h10H,5-7H2,1-4H3. The molecule has 6 heteroatoms. The largest absolute Gasteiger partial charge is 0.279 e. The van der Waals surface area contributed by atoms with Crippen LogP contribution in [0.5, 0.6) is 0 Å². The third kappa shape index (κ3) is 3.49. The zero-order valence-electron chi connectivity index (χ0n) is 9.17. The molecule has 0 unspecified atom stereocenters. The summed E-state index contributed by atoms with van der Waals surface area (Å²) in [6, 6.07) is 0. The van der Waals surface area contributed by atoms with Crippen molar-refractivity contribution >= 4 is 26.1 Å². The normalized spacial score (nSPS) is 13.6. The molecule has 0 bridgehead atoms. The summed E-state index contributed by atoms with van der Waals surface area (Å²) in [6.45, 7) is 3.95. The van der Waals surface area contributed by atoms with Crippen LogP contribution in [0.4, 0.5) is 0 Å². The Labute approximate surface area is 95.4 Å². The second-order valence-corrected chi connectivity index (χ2v) is 5.96. The van der Waals surface area contributed by atoms with E-state index in [1.54, 1.807) is 0 Å². The van der Waals surface area contributed by atoms with Crippen molar-refractivity contribution in [2.75, 3.05) is 19.4 Å². The molecule has 0 aromatic heterocycles. The fourth-order valence-electron chi connectivity index (χ4n) is 0.975. The van der Waals surface area contributed by atoms with Gasteiger partial charge in [-0.05, 0) is 12.8 Å². The average molecular weight is 287 g/mol. The first-order chi connectivity index (χ1) is 6.33. The van der Waals surface area contributed by atoms with E-state index in [0.29, 0.717) is 5.33 Å². The summed E-state index contributed by atoms with van der Waals surface area (Å²) >= 11 is 3.35. The molecule has 0 aliphatic rings. The van der Waals surface area contributed by atoms with Crippen molar-refractivity contribution in [2.45, 2.75) is 32.2 Å². The van der Waals surface area contributed by atoms with Gasteiger partial charge in [-0.3, -0.25) is 0 Å². The monoisotopic (exact) mass is 286 g/mol. The molecule has 86 valence electrons. The molecule has 0 aromatic carbocycles. The summed E-state index contributed by atoms with van der Waals surface area (Å²) in [5.41, 5.74) is -0.372. The van der Waals surface area contributed by atoms with E-state index >= 15 is 0 Å². The lowest BCUT2D eigenvalue weighted by Crippen LogP contribution is -2.52. The first-order valence-electron chi connectivity index (χ1n) is 4.61. The third-order valence-electron chi connectivity index (χ3n) is 2.44. The van der Waals surface area contributed by atoms with Crippen LogP contribution in [-0.4, -0.2) is 37.7 Å². The third-order valence-corrected chi connectivity index (χ3v) is 5.16. The number of halogens is 1. The van der Waals surface area contributed by atoms with E-state index in [2.05, 4.69) is 20.7 Å². The molecule has 0 aliphatic heterocycles. The van der Waals surface area contributed by atoms with Crippen LogP contribution < -0.4 is 4.72 Å². The predicted molar refractivity (Wildman–Crippen MR) is 62.8 cm³/mol. The highest BCUT2D eigenvalue weighted by Crippen LogP contribution is 2.19. The van der Waals surface area contributed by atoms with Crippen LogP contribution in [-0.2, 0) is 10.2 Å². The minimum atomic E-state index is -3.34. The Kier molecular flexibility index (Phi) is 5.57. The molecule has 4 nitrogen and oxygen atoms in total. The first-order valence-corrected chi connectivity index (χ1v) is 7.17. The molecule has 0 aliphatic carbocycles. The first kappa shape index (κ1) is 14.3. The van der Waals surface area contributed by atoms with Gasteiger partial charge in [-0.25, -0.2) is 0 Å². The van der Waals surface area contributed by atoms with Crippen LogP contribution in [0.15, 0.2) is 0 Å². The van der Waals surface area contributed by atoms with Crippen molar-refractivity contribution in [3.63, 3.8) is 0 Å². The van der Waals surface area contributed by atoms with Crippen molar-refractivity contribution in [3.8, 4) is 0 Å². The van der Waals surface area contributed by atoms with E-state index < -0.39 is 10.2 Å². The summed E-state index contributed by atoms with van der Waals surface area (Å²) in [5.74, 6) is 0. The number of hydrogen-bond acceptors (Lipinski definition) is 2. The Balaban J connectivity index is 4.78. The second-order valence-electron chi connectivity index (χ2n) is 3.51. The summed E-state index contributed by atoms with van der Waals surface area (Å²) < 4.78 is 27.1. The number of nitrogens with one attached hydrogen (secondary N) is 1. The van der Waals surface area contributed by atoms with Crippen LogP contribution in [0.25, 0.3) is 0 Å². The Bertz CT molecular complexity index is 252. The van der Waals surface area contributed by atoms with Gasteiger partial charge >= 0.3 is 0 Å². The van der Waals surface area contributed by atoms with Gasteiger partial charge in [0, 0.05) is 25.0 Å². The Morgan fingerprint density at radius 3 is 1.93 bits per heavy atom. The molecular formula is C8H19BrN2O2S. The molecule has 0 saturated heterocycles. The SMILES string of the molecule is CCC(CC)(CBr)NS(=O)(=O)N(C)C. The van der Waals surface area contributed by atoms with Crippen molar-refractivity contribution in [1.82, 2.24) is 9.03 Å². The van der Waals surface area contributed by atoms with Crippen LogP contribution in [0.1, 0.15) is 26.7 Å². The van der Waals surface area contributed by atoms with Gasteiger partial charge in [0.25, 0.3) is 10.2 Å². The van der Waals surface area contributed by atoms with Crippen molar-refractivity contribution in [2.24, 2.45) is 0 Å². The second kappa shape index (κ2) is 5.44. The summed E-state index contributed by atoms with van der Waals surface area (Å²) in [7, 11) is -0.298. The highest BCUT2D eigenvalue weighted by Gasteiger charge is 2.30. The summed E-state index contributed by atoms with van der Waals surface area (Å²) in [6.07, 6.45) is 1.53. The Hall–Kier alpha value is 0.350. The fourth-order valence-corrected chi connectivity index (χ4v) is 3.18. The zero-order chi connectivity index (χ0) is 11.4. The summed E-state index contributed by atoms with van der Waals surface area (Å²) in [4.78, 5) is 0. The van der Waals surface area contributed by atoms with Crippen LogP contribution in [0.2, 0.25) is 0 Å². The fraction of sp³-hybridized carbons (Fsp3) is 1.00. The Morgan fingerprint density at radius 1 is 1.29 bits per heavy atom. The molecule has 0 saturated carbocycles. The van der Waals surface area contributed by atoms with Crippen LogP contribution in [0, 0.1) is 0 Å². The highest BCUT2D eigenvalue weighted by molar-refractivity contribution is 9.09. The topological polar surface area (TPSA) is 49.4 Å². The smallest absolute Gasteiger partial charge is 0.195 e. The number of nitrogens with zero attached hydrogens (tertiary/aromatic N) is 1. The molecule has 1 N–H and O–H groups in total. The van der Waals surface area contributed by atoms with Crippen LogP contribution in [0.3, 0.4) is 0 Å². The van der Waals surface area contributed by atoms with E-state index in [-0.39, 0.29) is 5.54 Å². The molecular weight excluding hydrogens is 268 g/mol. The van der Waals surface area contributed by atoms with E-state index in [1.807, 2.05) is 13.8 Å². The molecule has 0 atom stereocenters. The van der Waals surface area contributed by atoms with Gasteiger partial charge in [-0.1, -0.05) is 29.8 Å². The van der Waals surface area contributed by atoms with Gasteiger partial charge in [-0.15, -0.1) is 0 Å². The number of alkyl halides is 1. The van der Waals surface area contributed by atoms with Gasteiger partial charge in [-0.2, -0.15) is 17.4 Å². The van der Waals surface area contributed by atoms with E-state index in [1.165, 1.54) is 18.4 Å². The maximum atomic E-state index is 11.6. The van der Waals surface area contributed by atoms with Gasteiger partial charge in [0.2, 0.25) is 0 Å². The lowest BCUT2D eigenvalue weighted by atomic mass is 9.97. The molecule has 0 aromatic rings. The van der Waals surface area contributed by atoms with Crippen LogP contribution >= 0.6 is 15.9 Å². The van der Waals surface area contributed by atoms with Crippen molar-refractivity contribution < 1.29 is 8.42 Å². The lowest BCUT2D eigenvalue weighted by Gasteiger charge is -2.31. The van der Waals surface area contributed by atoms with Gasteiger partial charge in [0.05, 0.1) is 0 Å². The predicted octanol–water partition coefficient (Wildman–Crippen LogP) is 1.34. The molecule has 0 fully saturated rings. The Morgan fingerprint density at radius 2 is 1.71 bits per heavy atom. The molecule has 0 amide bonds. The van der Waals surface area contributed by atoms with E-state index in [4.69, 9.17) is 0 Å². The molecule has 14 heavy (non-hydrogen) atoms. The van der Waals surface area contributed by atoms with Gasteiger partial charge < -0.3 is 0 Å². The van der Waals surface area contributed by atoms with Crippen molar-refractivity contribution in [1.29, 1.82) is 0 Å². The van der Waals surface area contributed by atoms with E-state index in [9.17, 15) is 8.42 Å². The van der Waals surface area contributed by atoms with Gasteiger partial charge in [0.1, 0.15) is 0 Å². The van der Waals surface area contributed by atoms with Gasteiger partial charge in [0.15, 0.2) is 0 Å². The highest BCUT2D eigenvalue weighted by atomic mass is 79.9. The number of hydrogen-bond donors (Lipinski definition) is 1. The molecule has 0 rings (SSSR count). The summed E-state index contributed by atoms with van der Waals surface area (Å²) in [5, 5.41) is 0.625. The average Bonchev–Trinajstić information content (AvgIpc) is 2.14. The maximum Gasteiger partial charge on any atom is 0.279 e. The number of rotatable bonds is 6. The molecule has 0 radical (unpaired) electrons. The molecule has 0 spiro atoms. The lowest BCUT2D eigenvalue weighted by molar-refractivity contribution is 0.383. The quantitative estimate of drug-likeness (QED) is 0.749. The minimum Gasteiger partial charge on any atom is -0.195 e. The van der Waals surface area contributed by atoms with E-state index in [0.717, 1.165) is 12.8 Å². The zero-order valence-corrected chi connectivity index (χ0v) is 11.6. The van der Waals surface area contributed by atoms with Crippen molar-refractivity contribution in [3.05, 3.63) is 0 Å². The minimum absolute atomic E-state index is 0.372. The maximum absolute atomic E-state index is 11.6. The molecule has 0 heterocycles.